The molecular weight excluding hydrogens is 386 g/mol. The minimum atomic E-state index is -0.0426. The highest BCUT2D eigenvalue weighted by molar-refractivity contribution is 7.11. The average molecular weight is 405 g/mol. The second-order valence-electron chi connectivity index (χ2n) is 6.63. The van der Waals surface area contributed by atoms with Crippen LogP contribution in [0, 0.1) is 5.41 Å². The molecule has 6 nitrogen and oxygen atoms in total. The topological polar surface area (TPSA) is 86.5 Å². The number of methoxy groups -OCH3 is 1. The fraction of sp³-hybridized carbons (Fsp3) is 0.136. The summed E-state index contributed by atoms with van der Waals surface area (Å²) in [5, 5.41) is 21.6. The van der Waals surface area contributed by atoms with Crippen LogP contribution >= 0.6 is 11.3 Å². The first-order chi connectivity index (χ1) is 14.0. The lowest BCUT2D eigenvalue weighted by Crippen LogP contribution is -2.26. The van der Waals surface area contributed by atoms with Crippen molar-refractivity contribution in [1.29, 1.82) is 5.41 Å². The third kappa shape index (κ3) is 3.52. The molecule has 0 saturated heterocycles. The van der Waals surface area contributed by atoms with Gasteiger partial charge in [-0.2, -0.15) is 0 Å². The number of aromatic nitrogens is 1. The molecule has 0 fully saturated rings. The molecule has 0 radical (unpaired) electrons. The van der Waals surface area contributed by atoms with Gasteiger partial charge in [0.15, 0.2) is 5.78 Å². The fourth-order valence-corrected chi connectivity index (χ4v) is 4.10. The summed E-state index contributed by atoms with van der Waals surface area (Å²) in [5.41, 5.74) is 3.39. The molecule has 0 saturated carbocycles. The van der Waals surface area contributed by atoms with E-state index in [0.29, 0.717) is 21.8 Å². The summed E-state index contributed by atoms with van der Waals surface area (Å²) in [4.78, 5) is 18.0. The molecule has 3 aromatic rings. The second-order valence-corrected chi connectivity index (χ2v) is 7.49. The van der Waals surface area contributed by atoms with Crippen molar-refractivity contribution >= 4 is 34.2 Å². The molecule has 0 atom stereocenters. The molecule has 0 aliphatic carbocycles. The number of amidine groups is 1. The van der Waals surface area contributed by atoms with Crippen molar-refractivity contribution in [3.8, 4) is 17.0 Å². The van der Waals surface area contributed by atoms with E-state index in [1.165, 1.54) is 18.3 Å². The predicted octanol–water partition coefficient (Wildman–Crippen LogP) is 4.79. The van der Waals surface area contributed by atoms with Crippen LogP contribution in [-0.2, 0) is 0 Å². The number of anilines is 1. The lowest BCUT2D eigenvalue weighted by molar-refractivity contribution is 0.101. The minimum Gasteiger partial charge on any atom is -0.510 e. The highest BCUT2D eigenvalue weighted by Gasteiger charge is 2.31. The van der Waals surface area contributed by atoms with Gasteiger partial charge in [0.2, 0.25) is 0 Å². The first-order valence-electron chi connectivity index (χ1n) is 8.98. The van der Waals surface area contributed by atoms with E-state index in [4.69, 9.17) is 10.1 Å². The first-order valence-corrected chi connectivity index (χ1v) is 9.86. The summed E-state index contributed by atoms with van der Waals surface area (Å²) in [6, 6.07) is 14.6. The van der Waals surface area contributed by atoms with Gasteiger partial charge in [0.1, 0.15) is 22.4 Å². The van der Waals surface area contributed by atoms with Crippen LogP contribution in [0.1, 0.15) is 22.3 Å². The number of carbonyl (C=O) groups excluding carboxylic acids is 1. The van der Waals surface area contributed by atoms with Crippen LogP contribution in [-0.4, -0.2) is 35.4 Å². The van der Waals surface area contributed by atoms with E-state index in [2.05, 4.69) is 4.98 Å². The van der Waals surface area contributed by atoms with Gasteiger partial charge in [0.05, 0.1) is 24.9 Å². The number of carbonyl (C=O) groups is 1. The maximum absolute atomic E-state index is 11.7. The van der Waals surface area contributed by atoms with Gasteiger partial charge in [-0.1, -0.05) is 12.1 Å². The Morgan fingerprint density at radius 2 is 2.00 bits per heavy atom. The molecule has 29 heavy (non-hydrogen) atoms. The summed E-state index contributed by atoms with van der Waals surface area (Å²) >= 11 is 1.38. The zero-order valence-electron chi connectivity index (χ0n) is 16.0. The number of ether oxygens (including phenoxy) is 1. The normalized spacial score (nSPS) is 13.9. The molecule has 1 aliphatic heterocycles. The van der Waals surface area contributed by atoms with Crippen molar-refractivity contribution in [1.82, 2.24) is 4.98 Å². The van der Waals surface area contributed by atoms with Crippen LogP contribution in [0.15, 0.2) is 59.7 Å². The Bertz CT molecular complexity index is 1130. The van der Waals surface area contributed by atoms with Gasteiger partial charge < -0.3 is 14.7 Å². The number of hydrogen-bond acceptors (Lipinski definition) is 6. The quantitative estimate of drug-likeness (QED) is 0.596. The zero-order chi connectivity index (χ0) is 20.5. The van der Waals surface area contributed by atoms with E-state index in [1.807, 2.05) is 35.7 Å². The summed E-state index contributed by atoms with van der Waals surface area (Å²) in [7, 11) is 1.62. The van der Waals surface area contributed by atoms with Crippen molar-refractivity contribution in [3.63, 3.8) is 0 Å². The van der Waals surface area contributed by atoms with E-state index in [9.17, 15) is 9.90 Å². The fourth-order valence-electron chi connectivity index (χ4n) is 3.20. The van der Waals surface area contributed by atoms with Crippen LogP contribution in [0.4, 0.5) is 5.69 Å². The highest BCUT2D eigenvalue weighted by Crippen LogP contribution is 2.34. The van der Waals surface area contributed by atoms with E-state index < -0.39 is 0 Å². The van der Waals surface area contributed by atoms with Crippen LogP contribution in [0.5, 0.6) is 5.75 Å². The number of aliphatic hydroxyl groups excluding tert-OH is 1. The molecule has 0 amide bonds. The molecule has 0 bridgehead atoms. The number of ketones is 1. The molecular formula is C22H19N3O3S. The van der Waals surface area contributed by atoms with Crippen molar-refractivity contribution in [2.75, 3.05) is 18.6 Å². The van der Waals surface area contributed by atoms with Gasteiger partial charge in [-0.3, -0.25) is 10.2 Å². The zero-order valence-corrected chi connectivity index (χ0v) is 16.8. The Kier molecular flexibility index (Phi) is 4.90. The number of Topliss-reactive ketones (excluding diaryl/α,β-unsaturated/α-hetero) is 1. The monoisotopic (exact) mass is 405 g/mol. The Balaban J connectivity index is 1.62. The predicted molar refractivity (Wildman–Crippen MR) is 115 cm³/mol. The lowest BCUT2D eigenvalue weighted by atomic mass is 10.1. The van der Waals surface area contributed by atoms with Gasteiger partial charge in [0, 0.05) is 22.2 Å². The summed E-state index contributed by atoms with van der Waals surface area (Å²) in [6.07, 6.45) is 0. The molecule has 0 spiro atoms. The van der Waals surface area contributed by atoms with Gasteiger partial charge in [0.25, 0.3) is 0 Å². The van der Waals surface area contributed by atoms with Crippen LogP contribution in [0.25, 0.3) is 16.8 Å². The third-order valence-electron chi connectivity index (χ3n) is 4.77. The van der Waals surface area contributed by atoms with Gasteiger partial charge in [-0.15, -0.1) is 11.3 Å². The summed E-state index contributed by atoms with van der Waals surface area (Å²) in [5.74, 6) is 0.988. The van der Waals surface area contributed by atoms with Crippen molar-refractivity contribution in [3.05, 3.63) is 70.2 Å². The molecule has 2 aromatic carbocycles. The largest absolute Gasteiger partial charge is 0.510 e. The molecule has 4 rings (SSSR count). The molecule has 7 heteroatoms. The molecule has 0 unspecified atom stereocenters. The average Bonchev–Trinajstić information content (AvgIpc) is 3.32. The van der Waals surface area contributed by atoms with E-state index in [1.54, 1.807) is 30.2 Å². The number of nitrogens with one attached hydrogen (secondary N) is 1. The van der Waals surface area contributed by atoms with E-state index in [-0.39, 0.29) is 23.9 Å². The Morgan fingerprint density at radius 3 is 2.69 bits per heavy atom. The molecule has 2 N–H and O–H groups in total. The smallest absolute Gasteiger partial charge is 0.159 e. The van der Waals surface area contributed by atoms with E-state index >= 15 is 0 Å². The molecule has 2 heterocycles. The molecule has 146 valence electrons. The number of aliphatic hydroxyl groups is 1. The maximum Gasteiger partial charge on any atom is 0.159 e. The Labute approximate surface area is 172 Å². The van der Waals surface area contributed by atoms with Crippen LogP contribution in [0.2, 0.25) is 0 Å². The van der Waals surface area contributed by atoms with Crippen molar-refractivity contribution < 1.29 is 14.6 Å². The number of benzene rings is 2. The standard InChI is InChI=1S/C22H19N3O3S/c1-13(26)15-4-3-5-16(10-15)25-11-19(27)20(21(25)23)22-24-18(12-29-22)14-6-8-17(28-2)9-7-14/h3-10,12,23,27H,11H2,1-2H3. The number of rotatable bonds is 5. The third-order valence-corrected chi connectivity index (χ3v) is 5.63. The molecule has 1 aliphatic rings. The second kappa shape index (κ2) is 7.52. The number of nitrogens with zero attached hydrogens (tertiary/aromatic N) is 2. The Morgan fingerprint density at radius 1 is 1.24 bits per heavy atom. The maximum atomic E-state index is 11.7. The SMILES string of the molecule is COc1ccc(-c2csc(C3=C(O)CN(c4cccc(C(C)=O)c4)C3=N)n2)cc1. The molecule has 1 aromatic heterocycles. The van der Waals surface area contributed by atoms with Gasteiger partial charge in [-0.05, 0) is 43.3 Å². The highest BCUT2D eigenvalue weighted by atomic mass is 32.1. The minimum absolute atomic E-state index is 0.0426. The van der Waals surface area contributed by atoms with Crippen LogP contribution < -0.4 is 9.64 Å². The lowest BCUT2D eigenvalue weighted by Gasteiger charge is -2.19. The van der Waals surface area contributed by atoms with Gasteiger partial charge >= 0.3 is 0 Å². The van der Waals surface area contributed by atoms with E-state index in [0.717, 1.165) is 17.0 Å². The summed E-state index contributed by atoms with van der Waals surface area (Å²) < 4.78 is 5.18. The van der Waals surface area contributed by atoms with Crippen LogP contribution in [0.3, 0.4) is 0 Å². The number of thiazole rings is 1. The first kappa shape index (κ1) is 18.9. The van der Waals surface area contributed by atoms with Crippen molar-refractivity contribution in [2.45, 2.75) is 6.92 Å². The van der Waals surface area contributed by atoms with Crippen molar-refractivity contribution in [2.24, 2.45) is 0 Å². The summed E-state index contributed by atoms with van der Waals surface area (Å²) in [6.45, 7) is 1.68. The van der Waals surface area contributed by atoms with Gasteiger partial charge in [-0.25, -0.2) is 4.98 Å². The number of hydrogen-bond donors (Lipinski definition) is 2. The Hall–Kier alpha value is -3.45.